The highest BCUT2D eigenvalue weighted by Crippen LogP contribution is 2.46. The van der Waals surface area contributed by atoms with Crippen molar-refractivity contribution < 1.29 is 33.0 Å². The Morgan fingerprint density at radius 3 is 2.14 bits per heavy atom. The molecule has 1 saturated carbocycles. The van der Waals surface area contributed by atoms with Crippen molar-refractivity contribution >= 4 is 12.0 Å². The number of ether oxygens (including phenoxy) is 2. The third kappa shape index (κ3) is 6.70. The number of hydrogen-bond acceptors (Lipinski definition) is 4. The largest absolute Gasteiger partial charge is 0.493 e. The zero-order chi connectivity index (χ0) is 27.2. The lowest BCUT2D eigenvalue weighted by molar-refractivity contribution is -0.175. The summed E-state index contributed by atoms with van der Waals surface area (Å²) in [5.74, 6) is -3.33. The van der Waals surface area contributed by atoms with E-state index in [-0.39, 0.29) is 6.54 Å². The third-order valence-corrected chi connectivity index (χ3v) is 6.73. The van der Waals surface area contributed by atoms with E-state index in [2.05, 4.69) is 5.32 Å². The molecule has 0 bridgehead atoms. The Labute approximate surface area is 216 Å². The van der Waals surface area contributed by atoms with Crippen molar-refractivity contribution in [3.63, 3.8) is 0 Å². The standard InChI is InChI=1S/C28H36F2N2O5/c1-5-36-23-15-22(16-24(19(23)3)37-6-2)20(4)32(14-10-13-21-11-8-7-9-12-21)26(35)31-27(25(33)34)17-28(29,30)18-27/h7-9,11-12,15-16,20H,5-6,10,13-14,17-18H2,1-4H3,(H,31,35)(H,33,34)/t20-/m1/s1. The fourth-order valence-electron chi connectivity index (χ4n) is 4.68. The van der Waals surface area contributed by atoms with Gasteiger partial charge in [0.1, 0.15) is 11.5 Å². The number of nitrogens with one attached hydrogen (secondary N) is 1. The van der Waals surface area contributed by atoms with Gasteiger partial charge >= 0.3 is 12.0 Å². The minimum absolute atomic E-state index is 0.287. The Morgan fingerprint density at radius 2 is 1.65 bits per heavy atom. The van der Waals surface area contributed by atoms with E-state index >= 15 is 0 Å². The number of nitrogens with zero attached hydrogens (tertiary/aromatic N) is 1. The highest BCUT2D eigenvalue weighted by Gasteiger charge is 2.62. The average molecular weight is 519 g/mol. The van der Waals surface area contributed by atoms with Crippen LogP contribution in [0.1, 0.15) is 62.8 Å². The van der Waals surface area contributed by atoms with Crippen LogP contribution in [0.15, 0.2) is 42.5 Å². The lowest BCUT2D eigenvalue weighted by Gasteiger charge is -2.45. The van der Waals surface area contributed by atoms with Gasteiger partial charge in [-0.2, -0.15) is 0 Å². The molecule has 202 valence electrons. The molecule has 2 amide bonds. The summed E-state index contributed by atoms with van der Waals surface area (Å²) in [5, 5.41) is 12.1. The van der Waals surface area contributed by atoms with Gasteiger partial charge < -0.3 is 24.8 Å². The Hall–Kier alpha value is -3.36. The van der Waals surface area contributed by atoms with Gasteiger partial charge in [0.05, 0.1) is 19.3 Å². The monoisotopic (exact) mass is 518 g/mol. The van der Waals surface area contributed by atoms with Crippen molar-refractivity contribution in [1.82, 2.24) is 10.2 Å². The van der Waals surface area contributed by atoms with Crippen LogP contribution in [0.5, 0.6) is 11.5 Å². The number of urea groups is 1. The van der Waals surface area contributed by atoms with Gasteiger partial charge in [0.15, 0.2) is 5.54 Å². The molecule has 3 rings (SSSR count). The minimum Gasteiger partial charge on any atom is -0.493 e. The molecule has 0 aliphatic heterocycles. The van der Waals surface area contributed by atoms with Gasteiger partial charge in [-0.15, -0.1) is 0 Å². The summed E-state index contributed by atoms with van der Waals surface area (Å²) in [6.07, 6.45) is -0.566. The van der Waals surface area contributed by atoms with Crippen molar-refractivity contribution in [3.8, 4) is 11.5 Å². The summed E-state index contributed by atoms with van der Waals surface area (Å²) < 4.78 is 38.9. The first-order chi connectivity index (χ1) is 17.5. The first-order valence-corrected chi connectivity index (χ1v) is 12.7. The molecule has 0 heterocycles. The normalized spacial score (nSPS) is 16.3. The fraction of sp³-hybridized carbons (Fsp3) is 0.500. The van der Waals surface area contributed by atoms with E-state index in [0.717, 1.165) is 16.7 Å². The van der Waals surface area contributed by atoms with Gasteiger partial charge in [0.2, 0.25) is 0 Å². The molecular weight excluding hydrogens is 482 g/mol. The van der Waals surface area contributed by atoms with E-state index in [4.69, 9.17) is 9.47 Å². The van der Waals surface area contributed by atoms with Gasteiger partial charge in [0.25, 0.3) is 5.92 Å². The number of aliphatic carboxylic acids is 1. The van der Waals surface area contributed by atoms with Gasteiger partial charge in [-0.05, 0) is 63.8 Å². The molecule has 1 aliphatic rings. The summed E-state index contributed by atoms with van der Waals surface area (Å²) >= 11 is 0. The molecule has 0 radical (unpaired) electrons. The number of benzene rings is 2. The summed E-state index contributed by atoms with van der Waals surface area (Å²) in [6, 6.07) is 12.3. The molecule has 37 heavy (non-hydrogen) atoms. The SMILES string of the molecule is CCOc1cc([C@@H](C)N(CCCc2ccccc2)C(=O)NC2(C(=O)O)CC(F)(F)C2)cc(OCC)c1C. The maximum absolute atomic E-state index is 13.7. The minimum atomic E-state index is -3.12. The predicted octanol–water partition coefficient (Wildman–Crippen LogP) is 5.75. The van der Waals surface area contributed by atoms with Gasteiger partial charge in [-0.1, -0.05) is 30.3 Å². The van der Waals surface area contributed by atoms with E-state index in [9.17, 15) is 23.5 Å². The number of carbonyl (C=O) groups excluding carboxylic acids is 1. The first kappa shape index (κ1) is 28.2. The lowest BCUT2D eigenvalue weighted by Crippen LogP contribution is -2.68. The number of rotatable bonds is 12. The summed E-state index contributed by atoms with van der Waals surface area (Å²) in [6.45, 7) is 8.64. The quantitative estimate of drug-likeness (QED) is 0.374. The highest BCUT2D eigenvalue weighted by molar-refractivity contribution is 5.88. The number of carboxylic acids is 1. The molecule has 1 atom stereocenters. The molecule has 1 aliphatic carbocycles. The smallest absolute Gasteiger partial charge is 0.329 e. The molecule has 0 saturated heterocycles. The van der Waals surface area contributed by atoms with E-state index in [1.54, 1.807) is 0 Å². The van der Waals surface area contributed by atoms with Crippen molar-refractivity contribution in [3.05, 3.63) is 59.2 Å². The van der Waals surface area contributed by atoms with Crippen LogP contribution in [0.2, 0.25) is 0 Å². The van der Waals surface area contributed by atoms with Crippen molar-refractivity contribution in [1.29, 1.82) is 0 Å². The zero-order valence-corrected chi connectivity index (χ0v) is 21.9. The number of aryl methyl sites for hydroxylation is 1. The van der Waals surface area contributed by atoms with Crippen LogP contribution in [0, 0.1) is 6.92 Å². The number of halogens is 2. The molecule has 0 aromatic heterocycles. The molecule has 9 heteroatoms. The summed E-state index contributed by atoms with van der Waals surface area (Å²) in [5.41, 5.74) is 0.679. The molecule has 0 unspecified atom stereocenters. The van der Waals surface area contributed by atoms with Crippen LogP contribution >= 0.6 is 0 Å². The van der Waals surface area contributed by atoms with Crippen LogP contribution in [-0.4, -0.2) is 53.2 Å². The van der Waals surface area contributed by atoms with E-state index in [1.807, 2.05) is 70.2 Å². The van der Waals surface area contributed by atoms with E-state index in [0.29, 0.717) is 37.6 Å². The zero-order valence-electron chi connectivity index (χ0n) is 21.9. The van der Waals surface area contributed by atoms with E-state index in [1.165, 1.54) is 4.90 Å². The Bertz CT molecular complexity index is 1060. The number of amides is 2. The van der Waals surface area contributed by atoms with Gasteiger partial charge in [-0.3, -0.25) is 0 Å². The second kappa shape index (κ2) is 11.8. The van der Waals surface area contributed by atoms with Gasteiger partial charge in [-0.25, -0.2) is 18.4 Å². The van der Waals surface area contributed by atoms with Crippen molar-refractivity contribution in [2.45, 2.75) is 70.9 Å². The second-order valence-electron chi connectivity index (χ2n) is 9.49. The number of carbonyl (C=O) groups is 2. The third-order valence-electron chi connectivity index (χ3n) is 6.73. The van der Waals surface area contributed by atoms with Crippen molar-refractivity contribution in [2.75, 3.05) is 19.8 Å². The number of alkyl halides is 2. The second-order valence-corrected chi connectivity index (χ2v) is 9.49. The van der Waals surface area contributed by atoms with Crippen LogP contribution in [-0.2, 0) is 11.2 Å². The van der Waals surface area contributed by atoms with Crippen LogP contribution in [0.25, 0.3) is 0 Å². The molecule has 1 fully saturated rings. The Balaban J connectivity index is 1.89. The number of hydrogen-bond donors (Lipinski definition) is 2. The van der Waals surface area contributed by atoms with Gasteiger partial charge in [0, 0.05) is 24.9 Å². The van der Waals surface area contributed by atoms with Crippen LogP contribution in [0.4, 0.5) is 13.6 Å². The first-order valence-electron chi connectivity index (χ1n) is 12.7. The number of carboxylic acid groups (broad SMARTS) is 1. The summed E-state index contributed by atoms with van der Waals surface area (Å²) in [4.78, 5) is 26.8. The maximum Gasteiger partial charge on any atom is 0.329 e. The highest BCUT2D eigenvalue weighted by atomic mass is 19.3. The molecule has 2 aromatic rings. The maximum atomic E-state index is 13.7. The lowest BCUT2D eigenvalue weighted by atomic mass is 9.73. The topological polar surface area (TPSA) is 88.1 Å². The average Bonchev–Trinajstić information content (AvgIpc) is 2.83. The molecular formula is C28H36F2N2O5. The van der Waals surface area contributed by atoms with Crippen LogP contribution in [0.3, 0.4) is 0 Å². The predicted molar refractivity (Wildman–Crippen MR) is 136 cm³/mol. The van der Waals surface area contributed by atoms with Crippen LogP contribution < -0.4 is 14.8 Å². The molecule has 2 N–H and O–H groups in total. The van der Waals surface area contributed by atoms with E-state index < -0.39 is 42.3 Å². The Morgan fingerprint density at radius 1 is 1.08 bits per heavy atom. The Kier molecular flexibility index (Phi) is 8.99. The fourth-order valence-corrected chi connectivity index (χ4v) is 4.68. The molecule has 0 spiro atoms. The molecule has 2 aromatic carbocycles. The van der Waals surface area contributed by atoms with Crippen molar-refractivity contribution in [2.24, 2.45) is 0 Å². The molecule has 7 nitrogen and oxygen atoms in total. The summed E-state index contributed by atoms with van der Waals surface area (Å²) in [7, 11) is 0.